The van der Waals surface area contributed by atoms with E-state index in [-0.39, 0.29) is 11.9 Å². The number of hydrogen-bond donors (Lipinski definition) is 2. The molecule has 1 aliphatic heterocycles. The highest BCUT2D eigenvalue weighted by atomic mass is 16.5. The molecule has 18 heavy (non-hydrogen) atoms. The van der Waals surface area contributed by atoms with E-state index in [1.165, 1.54) is 25.7 Å². The fraction of sp³-hybridized carbons (Fsp3) is 0.500. The third kappa shape index (κ3) is 1.97. The minimum atomic E-state index is -0.200. The predicted molar refractivity (Wildman–Crippen MR) is 69.8 cm³/mol. The fourth-order valence-corrected chi connectivity index (χ4v) is 2.86. The highest BCUT2D eigenvalue weighted by Gasteiger charge is 2.32. The van der Waals surface area contributed by atoms with Gasteiger partial charge in [0.15, 0.2) is 0 Å². The van der Waals surface area contributed by atoms with Crippen molar-refractivity contribution in [2.75, 3.05) is 12.4 Å². The Kier molecular flexibility index (Phi) is 2.96. The van der Waals surface area contributed by atoms with E-state index in [2.05, 4.69) is 10.6 Å². The van der Waals surface area contributed by atoms with Gasteiger partial charge in [0.2, 0.25) is 5.91 Å². The highest BCUT2D eigenvalue weighted by molar-refractivity contribution is 6.02. The second-order valence-electron chi connectivity index (χ2n) is 5.02. The van der Waals surface area contributed by atoms with Crippen LogP contribution in [-0.4, -0.2) is 19.1 Å². The molecule has 1 atom stereocenters. The smallest absolute Gasteiger partial charge is 0.246 e. The lowest BCUT2D eigenvalue weighted by molar-refractivity contribution is -0.117. The Labute approximate surface area is 107 Å². The molecule has 2 N–H and O–H groups in total. The van der Waals surface area contributed by atoms with E-state index in [0.29, 0.717) is 6.04 Å². The lowest BCUT2D eigenvalue weighted by Gasteiger charge is -2.17. The summed E-state index contributed by atoms with van der Waals surface area (Å²) in [6.07, 6.45) is 4.88. The van der Waals surface area contributed by atoms with Crippen LogP contribution in [0, 0.1) is 0 Å². The Morgan fingerprint density at radius 2 is 2.11 bits per heavy atom. The largest absolute Gasteiger partial charge is 0.497 e. The molecule has 96 valence electrons. The Morgan fingerprint density at radius 3 is 2.83 bits per heavy atom. The number of rotatable bonds is 3. The van der Waals surface area contributed by atoms with Gasteiger partial charge in [-0.3, -0.25) is 10.1 Å². The van der Waals surface area contributed by atoms with Gasteiger partial charge in [0.1, 0.15) is 11.8 Å². The molecule has 0 spiro atoms. The van der Waals surface area contributed by atoms with Crippen LogP contribution in [0.1, 0.15) is 37.3 Å². The number of amides is 1. The number of carbonyl (C=O) groups is 1. The van der Waals surface area contributed by atoms with Crippen molar-refractivity contribution in [3.8, 4) is 5.75 Å². The number of nitrogens with one attached hydrogen (secondary N) is 2. The number of methoxy groups -OCH3 is 1. The van der Waals surface area contributed by atoms with Crippen molar-refractivity contribution >= 4 is 11.6 Å². The summed E-state index contributed by atoms with van der Waals surface area (Å²) in [6.45, 7) is 0. The van der Waals surface area contributed by atoms with Gasteiger partial charge in [0, 0.05) is 23.4 Å². The number of benzene rings is 1. The maximum absolute atomic E-state index is 12.0. The third-order valence-corrected chi connectivity index (χ3v) is 3.85. The van der Waals surface area contributed by atoms with Crippen LogP contribution in [0.3, 0.4) is 0 Å². The first-order chi connectivity index (χ1) is 8.78. The van der Waals surface area contributed by atoms with E-state index in [4.69, 9.17) is 4.74 Å². The predicted octanol–water partition coefficient (Wildman–Crippen LogP) is 2.22. The molecule has 1 aliphatic carbocycles. The quantitative estimate of drug-likeness (QED) is 0.859. The molecule has 0 radical (unpaired) electrons. The first-order valence-corrected chi connectivity index (χ1v) is 6.53. The van der Waals surface area contributed by atoms with E-state index >= 15 is 0 Å². The van der Waals surface area contributed by atoms with Gasteiger partial charge in [-0.25, -0.2) is 0 Å². The number of hydrogen-bond acceptors (Lipinski definition) is 3. The normalized spacial score (nSPS) is 22.9. The summed E-state index contributed by atoms with van der Waals surface area (Å²) < 4.78 is 5.17. The number of ether oxygens (including phenoxy) is 1. The highest BCUT2D eigenvalue weighted by Crippen LogP contribution is 2.35. The molecule has 1 saturated carbocycles. The minimum absolute atomic E-state index is 0.0464. The van der Waals surface area contributed by atoms with Crippen molar-refractivity contribution in [3.05, 3.63) is 23.8 Å². The second kappa shape index (κ2) is 4.61. The van der Waals surface area contributed by atoms with Crippen LogP contribution >= 0.6 is 0 Å². The van der Waals surface area contributed by atoms with Crippen LogP contribution in [0.2, 0.25) is 0 Å². The zero-order valence-electron chi connectivity index (χ0n) is 10.5. The number of carbonyl (C=O) groups excluding carboxylic acids is 1. The molecule has 0 bridgehead atoms. The standard InChI is InChI=1S/C14H18N2O2/c1-18-10-6-7-11-12(8-10)16-14(17)13(11)15-9-4-2-3-5-9/h6-9,13,15H,2-5H2,1H3,(H,16,17). The number of anilines is 1. The van der Waals surface area contributed by atoms with Gasteiger partial charge in [-0.2, -0.15) is 0 Å². The summed E-state index contributed by atoms with van der Waals surface area (Å²) in [4.78, 5) is 12.0. The summed E-state index contributed by atoms with van der Waals surface area (Å²) in [7, 11) is 1.63. The summed E-state index contributed by atoms with van der Waals surface area (Å²) in [5, 5.41) is 6.38. The molecular formula is C14H18N2O2. The summed E-state index contributed by atoms with van der Waals surface area (Å²) in [5.74, 6) is 0.820. The molecule has 1 fully saturated rings. The Hall–Kier alpha value is -1.55. The van der Waals surface area contributed by atoms with Crippen LogP contribution in [0.15, 0.2) is 18.2 Å². The van der Waals surface area contributed by atoms with Crippen molar-refractivity contribution in [3.63, 3.8) is 0 Å². The minimum Gasteiger partial charge on any atom is -0.497 e. The first-order valence-electron chi connectivity index (χ1n) is 6.53. The molecule has 1 aromatic carbocycles. The van der Waals surface area contributed by atoms with Gasteiger partial charge in [-0.1, -0.05) is 18.9 Å². The van der Waals surface area contributed by atoms with Crippen LogP contribution in [0.25, 0.3) is 0 Å². The molecule has 0 aromatic heterocycles. The lowest BCUT2D eigenvalue weighted by Crippen LogP contribution is -2.34. The van der Waals surface area contributed by atoms with Gasteiger partial charge >= 0.3 is 0 Å². The maximum atomic E-state index is 12.0. The molecule has 1 aromatic rings. The Bertz CT molecular complexity index is 467. The topological polar surface area (TPSA) is 50.4 Å². The van der Waals surface area contributed by atoms with Crippen molar-refractivity contribution in [2.24, 2.45) is 0 Å². The average molecular weight is 246 g/mol. The van der Waals surface area contributed by atoms with Crippen molar-refractivity contribution < 1.29 is 9.53 Å². The zero-order chi connectivity index (χ0) is 12.5. The summed E-state index contributed by atoms with van der Waals surface area (Å²) in [6, 6.07) is 6.04. The van der Waals surface area contributed by atoms with Gasteiger partial charge in [-0.15, -0.1) is 0 Å². The third-order valence-electron chi connectivity index (χ3n) is 3.85. The zero-order valence-corrected chi connectivity index (χ0v) is 10.5. The maximum Gasteiger partial charge on any atom is 0.246 e. The molecule has 1 amide bonds. The van der Waals surface area contributed by atoms with E-state index in [1.54, 1.807) is 7.11 Å². The fourth-order valence-electron chi connectivity index (χ4n) is 2.86. The van der Waals surface area contributed by atoms with E-state index in [9.17, 15) is 4.79 Å². The molecule has 2 aliphatic rings. The van der Waals surface area contributed by atoms with Gasteiger partial charge in [-0.05, 0) is 18.9 Å². The van der Waals surface area contributed by atoms with E-state index < -0.39 is 0 Å². The second-order valence-corrected chi connectivity index (χ2v) is 5.02. The van der Waals surface area contributed by atoms with Crippen molar-refractivity contribution in [1.82, 2.24) is 5.32 Å². The van der Waals surface area contributed by atoms with Crippen LogP contribution in [0.5, 0.6) is 5.75 Å². The Balaban J connectivity index is 1.82. The van der Waals surface area contributed by atoms with E-state index in [0.717, 1.165) is 17.0 Å². The molecule has 3 rings (SSSR count). The summed E-state index contributed by atoms with van der Waals surface area (Å²) >= 11 is 0. The van der Waals surface area contributed by atoms with Crippen molar-refractivity contribution in [1.29, 1.82) is 0 Å². The van der Waals surface area contributed by atoms with Crippen LogP contribution < -0.4 is 15.4 Å². The van der Waals surface area contributed by atoms with Gasteiger partial charge in [0.05, 0.1) is 7.11 Å². The van der Waals surface area contributed by atoms with Crippen LogP contribution in [-0.2, 0) is 4.79 Å². The van der Waals surface area contributed by atoms with Gasteiger partial charge in [0.25, 0.3) is 0 Å². The average Bonchev–Trinajstić information content (AvgIpc) is 2.98. The van der Waals surface area contributed by atoms with Gasteiger partial charge < -0.3 is 10.1 Å². The molecule has 1 unspecified atom stereocenters. The monoisotopic (exact) mass is 246 g/mol. The first kappa shape index (κ1) is 11.5. The Morgan fingerprint density at radius 1 is 1.33 bits per heavy atom. The van der Waals surface area contributed by atoms with E-state index in [1.807, 2.05) is 18.2 Å². The molecule has 4 heteroatoms. The van der Waals surface area contributed by atoms with Crippen LogP contribution in [0.4, 0.5) is 5.69 Å². The van der Waals surface area contributed by atoms with Crippen molar-refractivity contribution in [2.45, 2.75) is 37.8 Å². The molecule has 4 nitrogen and oxygen atoms in total. The molecule has 1 heterocycles. The lowest BCUT2D eigenvalue weighted by atomic mass is 10.1. The number of fused-ring (bicyclic) bond motifs is 1. The molecule has 0 saturated heterocycles. The SMILES string of the molecule is COc1ccc2c(c1)NC(=O)C2NC1CCCC1. The summed E-state index contributed by atoms with van der Waals surface area (Å²) in [5.41, 5.74) is 1.91. The molecular weight excluding hydrogens is 228 g/mol.